The SMILES string of the molecule is C=C/C(=C\C=C1/C[C@@H](O)OC1=O)C(=O)c1ccc2c(c1)C(=O)OC2=O. The van der Waals surface area contributed by atoms with Crippen molar-refractivity contribution in [2.24, 2.45) is 0 Å². The smallest absolute Gasteiger partial charge is 0.346 e. The molecule has 1 aromatic rings. The Bertz CT molecular complexity index is 889. The number of ketones is 1. The molecule has 0 spiro atoms. The molecule has 0 saturated carbocycles. The number of rotatable bonds is 4. The van der Waals surface area contributed by atoms with Gasteiger partial charge in [-0.2, -0.15) is 0 Å². The quantitative estimate of drug-likeness (QED) is 0.291. The van der Waals surface area contributed by atoms with E-state index in [2.05, 4.69) is 16.1 Å². The first-order valence-corrected chi connectivity index (χ1v) is 7.28. The van der Waals surface area contributed by atoms with Crippen molar-refractivity contribution in [3.05, 3.63) is 70.8 Å². The highest BCUT2D eigenvalue weighted by atomic mass is 16.6. The van der Waals surface area contributed by atoms with Gasteiger partial charge < -0.3 is 14.6 Å². The van der Waals surface area contributed by atoms with E-state index in [1.165, 1.54) is 36.4 Å². The van der Waals surface area contributed by atoms with Crippen LogP contribution in [0.1, 0.15) is 37.5 Å². The van der Waals surface area contributed by atoms with E-state index >= 15 is 0 Å². The Morgan fingerprint density at radius 1 is 1.16 bits per heavy atom. The van der Waals surface area contributed by atoms with Crippen LogP contribution < -0.4 is 0 Å². The van der Waals surface area contributed by atoms with E-state index in [9.17, 15) is 24.3 Å². The second kappa shape index (κ2) is 6.29. The number of esters is 3. The summed E-state index contributed by atoms with van der Waals surface area (Å²) in [6, 6.07) is 4.03. The number of benzene rings is 1. The number of fused-ring (bicyclic) bond motifs is 1. The number of cyclic esters (lactones) is 3. The normalized spacial score (nSPS) is 21.2. The summed E-state index contributed by atoms with van der Waals surface area (Å²) >= 11 is 0. The van der Waals surface area contributed by atoms with Gasteiger partial charge in [-0.05, 0) is 12.1 Å². The molecule has 0 radical (unpaired) electrons. The van der Waals surface area contributed by atoms with E-state index in [0.29, 0.717) is 0 Å². The zero-order valence-electron chi connectivity index (χ0n) is 12.9. The number of allylic oxidation sites excluding steroid dienone is 4. The highest BCUT2D eigenvalue weighted by Crippen LogP contribution is 2.23. The first-order valence-electron chi connectivity index (χ1n) is 7.28. The lowest BCUT2D eigenvalue weighted by Crippen LogP contribution is -2.04. The van der Waals surface area contributed by atoms with E-state index in [4.69, 9.17) is 0 Å². The predicted molar refractivity (Wildman–Crippen MR) is 83.6 cm³/mol. The molecule has 0 amide bonds. The molecular weight excluding hydrogens is 328 g/mol. The van der Waals surface area contributed by atoms with Crippen LogP contribution in [-0.2, 0) is 14.3 Å². The molecule has 1 fully saturated rings. The van der Waals surface area contributed by atoms with Gasteiger partial charge in [-0.1, -0.05) is 30.9 Å². The molecular formula is C18H12O7. The van der Waals surface area contributed by atoms with Crippen molar-refractivity contribution in [3.8, 4) is 0 Å². The Morgan fingerprint density at radius 3 is 2.52 bits per heavy atom. The van der Waals surface area contributed by atoms with E-state index in [1.54, 1.807) is 0 Å². The number of hydrogen-bond donors (Lipinski definition) is 1. The molecule has 0 aliphatic carbocycles. The van der Waals surface area contributed by atoms with Crippen LogP contribution in [0.4, 0.5) is 0 Å². The summed E-state index contributed by atoms with van der Waals surface area (Å²) < 4.78 is 9.06. The highest BCUT2D eigenvalue weighted by Gasteiger charge is 2.30. The van der Waals surface area contributed by atoms with Crippen molar-refractivity contribution in [3.63, 3.8) is 0 Å². The molecule has 7 nitrogen and oxygen atoms in total. The van der Waals surface area contributed by atoms with Gasteiger partial charge in [0.05, 0.1) is 11.1 Å². The van der Waals surface area contributed by atoms with Crippen LogP contribution in [0.2, 0.25) is 0 Å². The minimum absolute atomic E-state index is 0.0279. The number of aliphatic hydroxyl groups is 1. The molecule has 126 valence electrons. The lowest BCUT2D eigenvalue weighted by Gasteiger charge is -2.02. The second-order valence-corrected chi connectivity index (χ2v) is 5.35. The van der Waals surface area contributed by atoms with Crippen LogP contribution in [0.15, 0.2) is 54.2 Å². The standard InChI is InChI=1S/C18H12O7/c1-2-9(3-4-11-8-14(19)24-16(11)21)15(20)10-5-6-12-13(7-10)18(23)25-17(12)22/h2-7,14,19H,1,8H2/b9-3+,11-4+/t14-/m0/s1. The summed E-state index contributed by atoms with van der Waals surface area (Å²) in [4.78, 5) is 47.0. The second-order valence-electron chi connectivity index (χ2n) is 5.35. The van der Waals surface area contributed by atoms with Crippen LogP contribution in [0.5, 0.6) is 0 Å². The van der Waals surface area contributed by atoms with Crippen molar-refractivity contribution in [1.29, 1.82) is 0 Å². The minimum atomic E-state index is -1.18. The topological polar surface area (TPSA) is 107 Å². The maximum atomic E-state index is 12.5. The maximum Gasteiger partial charge on any atom is 0.346 e. The van der Waals surface area contributed by atoms with Crippen LogP contribution >= 0.6 is 0 Å². The maximum absolute atomic E-state index is 12.5. The van der Waals surface area contributed by atoms with E-state index in [1.807, 2.05) is 0 Å². The molecule has 2 heterocycles. The number of carbonyl (C=O) groups excluding carboxylic acids is 4. The summed E-state index contributed by atoms with van der Waals surface area (Å²) in [6.07, 6.45) is 2.89. The van der Waals surface area contributed by atoms with E-state index in [0.717, 1.165) is 0 Å². The number of Topliss-reactive ketones (excluding diaryl/α,β-unsaturated/α-hetero) is 1. The highest BCUT2D eigenvalue weighted by molar-refractivity contribution is 6.17. The van der Waals surface area contributed by atoms with Crippen molar-refractivity contribution >= 4 is 23.7 Å². The molecule has 1 saturated heterocycles. The molecule has 2 aliphatic rings. The van der Waals surface area contributed by atoms with Crippen molar-refractivity contribution < 1.29 is 33.8 Å². The minimum Gasteiger partial charge on any atom is -0.432 e. The van der Waals surface area contributed by atoms with Gasteiger partial charge in [0, 0.05) is 23.1 Å². The first kappa shape index (κ1) is 16.5. The van der Waals surface area contributed by atoms with Crippen molar-refractivity contribution in [2.75, 3.05) is 0 Å². The van der Waals surface area contributed by atoms with Crippen LogP contribution in [0.25, 0.3) is 0 Å². The summed E-state index contributed by atoms with van der Waals surface area (Å²) in [6.45, 7) is 3.56. The average Bonchev–Trinajstić information content (AvgIpc) is 3.06. The Balaban J connectivity index is 1.90. The molecule has 2 aliphatic heterocycles. The molecule has 0 unspecified atom stereocenters. The van der Waals surface area contributed by atoms with Gasteiger partial charge in [-0.15, -0.1) is 0 Å². The lowest BCUT2D eigenvalue weighted by molar-refractivity contribution is -0.152. The number of hydrogen-bond acceptors (Lipinski definition) is 7. The zero-order chi connectivity index (χ0) is 18.1. The van der Waals surface area contributed by atoms with E-state index in [-0.39, 0.29) is 34.3 Å². The van der Waals surface area contributed by atoms with Crippen molar-refractivity contribution in [2.45, 2.75) is 12.7 Å². The van der Waals surface area contributed by atoms with Crippen molar-refractivity contribution in [1.82, 2.24) is 0 Å². The Kier molecular flexibility index (Phi) is 4.16. The zero-order valence-corrected chi connectivity index (χ0v) is 12.9. The van der Waals surface area contributed by atoms with Crippen LogP contribution in [-0.4, -0.2) is 35.1 Å². The molecule has 0 bridgehead atoms. The number of ether oxygens (including phenoxy) is 2. The van der Waals surface area contributed by atoms with Gasteiger partial charge in [0.25, 0.3) is 0 Å². The Labute approximate surface area is 141 Å². The molecule has 0 aromatic heterocycles. The molecule has 1 N–H and O–H groups in total. The molecule has 3 rings (SSSR count). The van der Waals surface area contributed by atoms with Gasteiger partial charge in [0.2, 0.25) is 6.29 Å². The fraction of sp³-hybridized carbons (Fsp3) is 0.111. The Hall–Kier alpha value is -3.32. The van der Waals surface area contributed by atoms with E-state index < -0.39 is 30.0 Å². The van der Waals surface area contributed by atoms with Crippen LogP contribution in [0, 0.1) is 0 Å². The lowest BCUT2D eigenvalue weighted by atomic mass is 9.98. The van der Waals surface area contributed by atoms with Gasteiger partial charge in [0.15, 0.2) is 5.78 Å². The fourth-order valence-corrected chi connectivity index (χ4v) is 2.47. The van der Waals surface area contributed by atoms with Gasteiger partial charge in [-0.25, -0.2) is 14.4 Å². The molecule has 1 aromatic carbocycles. The van der Waals surface area contributed by atoms with Gasteiger partial charge >= 0.3 is 17.9 Å². The molecule has 25 heavy (non-hydrogen) atoms. The average molecular weight is 340 g/mol. The molecule has 7 heteroatoms. The number of aliphatic hydroxyl groups excluding tert-OH is 1. The molecule has 1 atom stereocenters. The summed E-state index contributed by atoms with van der Waals surface area (Å²) in [5, 5.41) is 9.25. The summed E-state index contributed by atoms with van der Waals surface area (Å²) in [5.74, 6) is -2.66. The fourth-order valence-electron chi connectivity index (χ4n) is 2.47. The first-order chi connectivity index (χ1) is 11.9. The van der Waals surface area contributed by atoms with Gasteiger partial charge in [0.1, 0.15) is 0 Å². The van der Waals surface area contributed by atoms with Gasteiger partial charge in [-0.3, -0.25) is 4.79 Å². The van der Waals surface area contributed by atoms with Crippen LogP contribution in [0.3, 0.4) is 0 Å². The summed E-state index contributed by atoms with van der Waals surface area (Å²) in [5.41, 5.74) is 0.696. The Morgan fingerprint density at radius 2 is 1.88 bits per heavy atom. The largest absolute Gasteiger partial charge is 0.432 e. The predicted octanol–water partition coefficient (Wildman–Crippen LogP) is 1.48. The monoisotopic (exact) mass is 340 g/mol. The summed E-state index contributed by atoms with van der Waals surface area (Å²) in [7, 11) is 0. The third kappa shape index (κ3) is 3.05. The third-order valence-electron chi connectivity index (χ3n) is 3.75. The number of carbonyl (C=O) groups is 4. The third-order valence-corrected chi connectivity index (χ3v) is 3.75.